The number of halogens is 1. The van der Waals surface area contributed by atoms with Crippen molar-refractivity contribution in [1.82, 2.24) is 5.32 Å². The largest absolute Gasteiger partial charge is 0.478 e. The molecule has 1 amide bonds. The van der Waals surface area contributed by atoms with Crippen LogP contribution in [0.2, 0.25) is 0 Å². The lowest BCUT2D eigenvalue weighted by molar-refractivity contribution is -0.116. The second kappa shape index (κ2) is 6.84. The van der Waals surface area contributed by atoms with E-state index in [2.05, 4.69) is 10.6 Å². The van der Waals surface area contributed by atoms with Crippen molar-refractivity contribution in [2.75, 3.05) is 11.9 Å². The van der Waals surface area contributed by atoms with Crippen molar-refractivity contribution < 1.29 is 19.1 Å². The van der Waals surface area contributed by atoms with Gasteiger partial charge in [-0.15, -0.1) is 0 Å². The molecule has 3 N–H and O–H groups in total. The zero-order chi connectivity index (χ0) is 14.4. The Morgan fingerprint density at radius 1 is 1.42 bits per heavy atom. The molecule has 104 valence electrons. The first-order valence-electron chi connectivity index (χ1n) is 6.00. The summed E-state index contributed by atoms with van der Waals surface area (Å²) in [4.78, 5) is 22.7. The van der Waals surface area contributed by atoms with E-state index in [9.17, 15) is 14.0 Å². The van der Waals surface area contributed by atoms with Crippen LogP contribution in [0.1, 0.15) is 30.6 Å². The van der Waals surface area contributed by atoms with E-state index < -0.39 is 17.3 Å². The van der Waals surface area contributed by atoms with Crippen LogP contribution >= 0.6 is 0 Å². The zero-order valence-electron chi connectivity index (χ0n) is 10.9. The predicted octanol–water partition coefficient (Wildman–Crippen LogP) is 1.85. The molecule has 0 saturated heterocycles. The third-order valence-corrected chi connectivity index (χ3v) is 2.55. The number of nitrogens with one attached hydrogen (secondary N) is 2. The molecule has 0 aliphatic rings. The van der Waals surface area contributed by atoms with E-state index in [1.165, 1.54) is 12.1 Å². The van der Waals surface area contributed by atoms with Gasteiger partial charge in [-0.1, -0.05) is 13.0 Å². The van der Waals surface area contributed by atoms with E-state index in [4.69, 9.17) is 5.11 Å². The summed E-state index contributed by atoms with van der Waals surface area (Å²) in [6.45, 7) is 4.49. The average Bonchev–Trinajstić information content (AvgIpc) is 2.28. The molecule has 0 bridgehead atoms. The summed E-state index contributed by atoms with van der Waals surface area (Å²) in [6, 6.07) is 3.72. The number of hydrogen-bond acceptors (Lipinski definition) is 3. The lowest BCUT2D eigenvalue weighted by atomic mass is 10.1. The second-order valence-electron chi connectivity index (χ2n) is 4.18. The number of carbonyl (C=O) groups is 2. The highest BCUT2D eigenvalue weighted by molar-refractivity contribution is 6.00. The lowest BCUT2D eigenvalue weighted by Gasteiger charge is -2.13. The third kappa shape index (κ3) is 4.33. The molecule has 0 aliphatic heterocycles. The fourth-order valence-electron chi connectivity index (χ4n) is 1.75. The van der Waals surface area contributed by atoms with Gasteiger partial charge >= 0.3 is 5.97 Å². The minimum atomic E-state index is -1.41. The average molecular weight is 268 g/mol. The molecule has 0 aliphatic carbocycles. The van der Waals surface area contributed by atoms with E-state index in [-0.39, 0.29) is 24.1 Å². The van der Waals surface area contributed by atoms with Gasteiger partial charge in [0, 0.05) is 12.5 Å². The fraction of sp³-hybridized carbons (Fsp3) is 0.385. The zero-order valence-corrected chi connectivity index (χ0v) is 10.9. The van der Waals surface area contributed by atoms with Gasteiger partial charge in [-0.05, 0) is 25.6 Å². The Kier molecular flexibility index (Phi) is 5.44. The number of benzene rings is 1. The predicted molar refractivity (Wildman–Crippen MR) is 69.7 cm³/mol. The molecule has 0 saturated carbocycles. The van der Waals surface area contributed by atoms with Crippen molar-refractivity contribution in [3.05, 3.63) is 29.6 Å². The Hall–Kier alpha value is -1.95. The maximum absolute atomic E-state index is 13.4. The van der Waals surface area contributed by atoms with Gasteiger partial charge in [0.1, 0.15) is 11.4 Å². The number of carboxylic acid groups (broad SMARTS) is 1. The van der Waals surface area contributed by atoms with Crippen LogP contribution in [0.4, 0.5) is 10.1 Å². The Morgan fingerprint density at radius 3 is 2.68 bits per heavy atom. The Labute approximate surface area is 110 Å². The molecule has 1 aromatic carbocycles. The number of carbonyl (C=O) groups excluding carboxylic acids is 1. The molecule has 0 spiro atoms. The third-order valence-electron chi connectivity index (χ3n) is 2.55. The maximum Gasteiger partial charge on any atom is 0.340 e. The molecule has 0 aromatic heterocycles. The van der Waals surface area contributed by atoms with E-state index >= 15 is 0 Å². The summed E-state index contributed by atoms with van der Waals surface area (Å²) in [5.41, 5.74) is -0.548. The van der Waals surface area contributed by atoms with Crippen LogP contribution in [0.25, 0.3) is 0 Å². The van der Waals surface area contributed by atoms with Gasteiger partial charge in [-0.25, -0.2) is 9.18 Å². The van der Waals surface area contributed by atoms with Crippen molar-refractivity contribution >= 4 is 17.6 Å². The highest BCUT2D eigenvalue weighted by atomic mass is 19.1. The first kappa shape index (κ1) is 15.1. The number of hydrogen-bond donors (Lipinski definition) is 3. The minimum Gasteiger partial charge on any atom is -0.478 e. The number of aromatic carboxylic acids is 1. The lowest BCUT2D eigenvalue weighted by Crippen LogP contribution is -2.30. The first-order valence-corrected chi connectivity index (χ1v) is 6.00. The van der Waals surface area contributed by atoms with E-state index in [0.29, 0.717) is 0 Å². The van der Waals surface area contributed by atoms with E-state index in [1.54, 1.807) is 0 Å². The highest BCUT2D eigenvalue weighted by Crippen LogP contribution is 2.19. The molecule has 0 fully saturated rings. The standard InChI is InChI=1S/C13H17FN2O3/c1-3-15-8(2)7-11(17)16-10-6-4-5-9(14)12(10)13(18)19/h4-6,8,15H,3,7H2,1-2H3,(H,16,17)(H,18,19). The summed E-state index contributed by atoms with van der Waals surface area (Å²) in [7, 11) is 0. The summed E-state index contributed by atoms with van der Waals surface area (Å²) in [6.07, 6.45) is 0.184. The van der Waals surface area contributed by atoms with E-state index in [1.807, 2.05) is 13.8 Å². The van der Waals surface area contributed by atoms with Crippen molar-refractivity contribution in [2.45, 2.75) is 26.3 Å². The van der Waals surface area contributed by atoms with Crippen LogP contribution in [0, 0.1) is 5.82 Å². The number of anilines is 1. The van der Waals surface area contributed by atoms with Gasteiger partial charge in [0.05, 0.1) is 5.69 Å². The fourth-order valence-corrected chi connectivity index (χ4v) is 1.75. The SMILES string of the molecule is CCNC(C)CC(=O)Nc1cccc(F)c1C(=O)O. The van der Waals surface area contributed by atoms with Crippen molar-refractivity contribution in [2.24, 2.45) is 0 Å². The summed E-state index contributed by atoms with van der Waals surface area (Å²) < 4.78 is 13.4. The van der Waals surface area contributed by atoms with Crippen molar-refractivity contribution in [3.8, 4) is 0 Å². The Morgan fingerprint density at radius 2 is 2.11 bits per heavy atom. The molecular formula is C13H17FN2O3. The van der Waals surface area contributed by atoms with E-state index in [0.717, 1.165) is 12.6 Å². The van der Waals surface area contributed by atoms with Crippen LogP contribution < -0.4 is 10.6 Å². The van der Waals surface area contributed by atoms with Crippen molar-refractivity contribution in [3.63, 3.8) is 0 Å². The van der Waals surface area contributed by atoms with Crippen molar-refractivity contribution in [1.29, 1.82) is 0 Å². The molecular weight excluding hydrogens is 251 g/mol. The molecule has 0 heterocycles. The molecule has 1 unspecified atom stereocenters. The quantitative estimate of drug-likeness (QED) is 0.735. The van der Waals surface area contributed by atoms with Crippen LogP contribution in [-0.4, -0.2) is 29.6 Å². The number of amides is 1. The Bertz CT molecular complexity index is 477. The molecule has 0 radical (unpaired) electrons. The van der Waals surface area contributed by atoms with Gasteiger partial charge in [0.15, 0.2) is 0 Å². The van der Waals surface area contributed by atoms with Gasteiger partial charge in [-0.2, -0.15) is 0 Å². The molecule has 1 aromatic rings. The number of carboxylic acids is 1. The monoisotopic (exact) mass is 268 g/mol. The smallest absolute Gasteiger partial charge is 0.340 e. The Balaban J connectivity index is 2.80. The minimum absolute atomic E-state index is 0.0267. The van der Waals surface area contributed by atoms with Crippen LogP contribution in [0.3, 0.4) is 0 Å². The molecule has 19 heavy (non-hydrogen) atoms. The maximum atomic E-state index is 13.4. The van der Waals surface area contributed by atoms with Crippen LogP contribution in [-0.2, 0) is 4.79 Å². The topological polar surface area (TPSA) is 78.4 Å². The molecule has 1 atom stereocenters. The summed E-state index contributed by atoms with van der Waals surface area (Å²) in [5, 5.41) is 14.4. The summed E-state index contributed by atoms with van der Waals surface area (Å²) >= 11 is 0. The highest BCUT2D eigenvalue weighted by Gasteiger charge is 2.17. The summed E-state index contributed by atoms with van der Waals surface area (Å²) in [5.74, 6) is -2.64. The van der Waals surface area contributed by atoms with Gasteiger partial charge in [0.25, 0.3) is 0 Å². The van der Waals surface area contributed by atoms with Crippen LogP contribution in [0.5, 0.6) is 0 Å². The number of rotatable bonds is 6. The van der Waals surface area contributed by atoms with Crippen LogP contribution in [0.15, 0.2) is 18.2 Å². The van der Waals surface area contributed by atoms with Gasteiger partial charge in [-0.3, -0.25) is 4.79 Å². The second-order valence-corrected chi connectivity index (χ2v) is 4.18. The molecule has 6 heteroatoms. The normalized spacial score (nSPS) is 11.9. The molecule has 5 nitrogen and oxygen atoms in total. The van der Waals surface area contributed by atoms with Gasteiger partial charge in [0.2, 0.25) is 5.91 Å². The molecule has 1 rings (SSSR count). The van der Waals surface area contributed by atoms with Gasteiger partial charge < -0.3 is 15.7 Å². The first-order chi connectivity index (χ1) is 8.95.